The van der Waals surface area contributed by atoms with Crippen molar-refractivity contribution in [3.05, 3.63) is 11.1 Å². The first-order valence-electron chi connectivity index (χ1n) is 13.5. The number of aliphatic hydroxyl groups excluding tert-OH is 2. The van der Waals surface area contributed by atoms with Gasteiger partial charge in [0.15, 0.2) is 22.9 Å². The molecule has 2 aliphatic rings. The lowest BCUT2D eigenvalue weighted by Gasteiger charge is -2.32. The molecular formula is C28H43N3O9. The molecule has 0 aromatic heterocycles. The second kappa shape index (κ2) is 13.0. The summed E-state index contributed by atoms with van der Waals surface area (Å²) in [5.41, 5.74) is 1.30. The lowest BCUT2D eigenvalue weighted by atomic mass is 9.81. The Morgan fingerprint density at radius 2 is 1.62 bits per heavy atom. The minimum atomic E-state index is -1.30. The maximum Gasteiger partial charge on any atom is 0.245 e. The number of aliphatic hydroxyl groups is 2. The van der Waals surface area contributed by atoms with Gasteiger partial charge >= 0.3 is 0 Å². The van der Waals surface area contributed by atoms with Gasteiger partial charge in [-0.2, -0.15) is 0 Å². The number of anilines is 1. The molecule has 1 aliphatic carbocycles. The van der Waals surface area contributed by atoms with Crippen LogP contribution >= 0.6 is 0 Å². The van der Waals surface area contributed by atoms with E-state index in [9.17, 15) is 24.6 Å². The van der Waals surface area contributed by atoms with Crippen LogP contribution in [0.25, 0.3) is 0 Å². The zero-order valence-electron chi connectivity index (χ0n) is 24.5. The van der Waals surface area contributed by atoms with Crippen LogP contribution in [0.15, 0.2) is 0 Å². The van der Waals surface area contributed by atoms with Crippen LogP contribution in [0.5, 0.6) is 17.2 Å². The molecule has 0 radical (unpaired) electrons. The number of carbonyl (C=O) groups excluding carboxylic acids is 3. The van der Waals surface area contributed by atoms with E-state index in [1.165, 1.54) is 0 Å². The molecule has 0 unspecified atom stereocenters. The van der Waals surface area contributed by atoms with Crippen LogP contribution < -0.4 is 29.7 Å². The van der Waals surface area contributed by atoms with Crippen LogP contribution in [0.3, 0.4) is 0 Å². The number of rotatable bonds is 14. The average Bonchev–Trinajstić information content (AvgIpc) is 3.74. The Balaban J connectivity index is 1.80. The minimum absolute atomic E-state index is 0.0618. The highest BCUT2D eigenvalue weighted by atomic mass is 16.6. The van der Waals surface area contributed by atoms with Crippen molar-refractivity contribution >= 4 is 23.3 Å². The summed E-state index contributed by atoms with van der Waals surface area (Å²) in [6.07, 6.45) is 1.70. The van der Waals surface area contributed by atoms with Crippen LogP contribution in [-0.4, -0.2) is 101 Å². The molecule has 0 spiro atoms. The second-order valence-corrected chi connectivity index (χ2v) is 11.0. The summed E-state index contributed by atoms with van der Waals surface area (Å²) >= 11 is 0. The first-order valence-corrected chi connectivity index (χ1v) is 13.5. The molecule has 4 N–H and O–H groups in total. The van der Waals surface area contributed by atoms with Crippen molar-refractivity contribution in [2.45, 2.75) is 57.2 Å². The van der Waals surface area contributed by atoms with Crippen molar-refractivity contribution in [1.29, 1.82) is 0 Å². The molecule has 12 nitrogen and oxygen atoms in total. The molecule has 2 amide bonds. The monoisotopic (exact) mass is 565 g/mol. The fourth-order valence-electron chi connectivity index (χ4n) is 5.38. The van der Waals surface area contributed by atoms with Gasteiger partial charge in [0.2, 0.25) is 17.6 Å². The van der Waals surface area contributed by atoms with Gasteiger partial charge in [-0.25, -0.2) is 0 Å². The maximum absolute atomic E-state index is 13.4. The van der Waals surface area contributed by atoms with Gasteiger partial charge in [0.25, 0.3) is 0 Å². The predicted molar refractivity (Wildman–Crippen MR) is 147 cm³/mol. The number of hydrogen-bond acceptors (Lipinski definition) is 10. The van der Waals surface area contributed by atoms with Crippen LogP contribution in [0.2, 0.25) is 0 Å². The lowest BCUT2D eigenvalue weighted by molar-refractivity contribution is -0.135. The Bertz CT molecular complexity index is 1100. The second-order valence-electron chi connectivity index (χ2n) is 11.0. The molecule has 12 heteroatoms. The van der Waals surface area contributed by atoms with Crippen molar-refractivity contribution in [2.75, 3.05) is 60.1 Å². The predicted octanol–water partition coefficient (Wildman–Crippen LogP) is 0.222. The summed E-state index contributed by atoms with van der Waals surface area (Å²) < 4.78 is 22.2. The fraction of sp³-hybridized carbons (Fsp3) is 0.679. The molecule has 1 heterocycles. The number of ketones is 1. The first-order chi connectivity index (χ1) is 19.0. The van der Waals surface area contributed by atoms with E-state index in [2.05, 4.69) is 10.6 Å². The number of benzene rings is 1. The molecule has 224 valence electrons. The Hall–Kier alpha value is -3.09. The minimum Gasteiger partial charge on any atom is -0.492 e. The van der Waals surface area contributed by atoms with E-state index in [1.54, 1.807) is 21.3 Å². The third kappa shape index (κ3) is 6.29. The summed E-state index contributed by atoms with van der Waals surface area (Å²) in [4.78, 5) is 41.4. The third-order valence-electron chi connectivity index (χ3n) is 7.53. The largest absolute Gasteiger partial charge is 0.492 e. The van der Waals surface area contributed by atoms with E-state index in [4.69, 9.17) is 18.9 Å². The molecule has 1 aliphatic heterocycles. The van der Waals surface area contributed by atoms with Gasteiger partial charge in [-0.1, -0.05) is 13.8 Å². The highest BCUT2D eigenvalue weighted by Crippen LogP contribution is 2.51. The number of carbonyl (C=O) groups is 3. The summed E-state index contributed by atoms with van der Waals surface area (Å²) in [7, 11) is 8.41. The van der Waals surface area contributed by atoms with Crippen LogP contribution in [-0.2, 0) is 32.0 Å². The van der Waals surface area contributed by atoms with Crippen molar-refractivity contribution < 1.29 is 43.5 Å². The van der Waals surface area contributed by atoms with Crippen LogP contribution in [0, 0.1) is 11.8 Å². The Labute approximate surface area is 235 Å². The zero-order valence-corrected chi connectivity index (χ0v) is 24.5. The summed E-state index contributed by atoms with van der Waals surface area (Å²) in [6, 6.07) is -2.18. The smallest absolute Gasteiger partial charge is 0.245 e. The standard InChI is InChI=1S/C28H43N3O9/c1-15(2)10-19(25(34)28(13-33)14-40-28)29-27(36)20(12-32)30-26(35)16-8-9-17-18(11-16)21(31(3)4)23(38-6)24(39-7)22(17)37-5/h15-16,19-20,32-33H,8-14H2,1-7H3,(H,29,36)(H,30,35)/t16-,19+,20+,28-/m1/s1. The normalized spacial score (nSPS) is 21.1. The molecule has 1 aromatic carbocycles. The van der Waals surface area contributed by atoms with Crippen molar-refractivity contribution in [2.24, 2.45) is 11.8 Å². The van der Waals surface area contributed by atoms with Gasteiger partial charge in [-0.15, -0.1) is 0 Å². The van der Waals surface area contributed by atoms with Crippen molar-refractivity contribution in [3.8, 4) is 17.2 Å². The van der Waals surface area contributed by atoms with E-state index in [0.717, 1.165) is 16.8 Å². The SMILES string of the molecule is COc1c2c(c(N(C)C)c(OC)c1OC)C[C@H](C(=O)N[C@@H](CO)C(=O)N[C@@H](CC(C)C)C(=O)[C@@]1(CO)CO1)CC2. The number of nitrogens with one attached hydrogen (secondary N) is 2. The summed E-state index contributed by atoms with van der Waals surface area (Å²) in [5, 5.41) is 24.9. The fourth-order valence-corrected chi connectivity index (χ4v) is 5.38. The zero-order chi connectivity index (χ0) is 29.8. The number of fused-ring (bicyclic) bond motifs is 1. The van der Waals surface area contributed by atoms with E-state index in [-0.39, 0.29) is 18.4 Å². The van der Waals surface area contributed by atoms with Crippen molar-refractivity contribution in [1.82, 2.24) is 10.6 Å². The highest BCUT2D eigenvalue weighted by molar-refractivity contribution is 5.98. The first kappa shape index (κ1) is 31.4. The molecule has 3 rings (SSSR count). The number of amides is 2. The number of methoxy groups -OCH3 is 3. The van der Waals surface area contributed by atoms with E-state index in [1.807, 2.05) is 32.8 Å². The Morgan fingerprint density at radius 3 is 2.10 bits per heavy atom. The quantitative estimate of drug-likeness (QED) is 0.230. The van der Waals surface area contributed by atoms with E-state index >= 15 is 0 Å². The van der Waals surface area contributed by atoms with Gasteiger partial charge in [-0.05, 0) is 37.2 Å². The highest BCUT2D eigenvalue weighted by Gasteiger charge is 2.54. The molecule has 4 atom stereocenters. The third-order valence-corrected chi connectivity index (χ3v) is 7.53. The molecule has 1 saturated heterocycles. The molecule has 0 saturated carbocycles. The number of hydrogen-bond donors (Lipinski definition) is 4. The number of epoxide rings is 1. The van der Waals surface area contributed by atoms with E-state index < -0.39 is 48.5 Å². The Kier molecular flexibility index (Phi) is 10.3. The average molecular weight is 566 g/mol. The number of nitrogens with zero attached hydrogens (tertiary/aromatic N) is 1. The van der Waals surface area contributed by atoms with Crippen molar-refractivity contribution in [3.63, 3.8) is 0 Å². The Morgan fingerprint density at radius 1 is 1.00 bits per heavy atom. The van der Waals surface area contributed by atoms with Gasteiger partial charge < -0.3 is 44.7 Å². The topological polar surface area (TPSA) is 159 Å². The lowest BCUT2D eigenvalue weighted by Crippen LogP contribution is -2.56. The molecule has 1 fully saturated rings. The van der Waals surface area contributed by atoms with E-state index in [0.29, 0.717) is 42.9 Å². The number of ether oxygens (including phenoxy) is 4. The number of Topliss-reactive ketones (excluding diaryl/α,β-unsaturated/α-hetero) is 1. The molecular weight excluding hydrogens is 522 g/mol. The molecule has 1 aromatic rings. The van der Waals surface area contributed by atoms with Crippen LogP contribution in [0.1, 0.15) is 37.8 Å². The van der Waals surface area contributed by atoms with Gasteiger partial charge in [0, 0.05) is 25.6 Å². The van der Waals surface area contributed by atoms with Gasteiger partial charge in [0.05, 0.1) is 52.9 Å². The summed E-state index contributed by atoms with van der Waals surface area (Å²) in [6.45, 7) is 2.77. The van der Waals surface area contributed by atoms with Gasteiger partial charge in [0.1, 0.15) is 6.04 Å². The van der Waals surface area contributed by atoms with Crippen LogP contribution in [0.4, 0.5) is 5.69 Å². The van der Waals surface area contributed by atoms with Gasteiger partial charge in [-0.3, -0.25) is 14.4 Å². The molecule has 0 bridgehead atoms. The summed E-state index contributed by atoms with van der Waals surface area (Å²) in [5.74, 6) is -0.362. The maximum atomic E-state index is 13.4. The molecule has 40 heavy (non-hydrogen) atoms.